The van der Waals surface area contributed by atoms with E-state index in [0.717, 1.165) is 43.8 Å². The van der Waals surface area contributed by atoms with Crippen molar-refractivity contribution in [1.29, 1.82) is 0 Å². The zero-order valence-corrected chi connectivity index (χ0v) is 16.0. The zero-order valence-electron chi connectivity index (χ0n) is 15.3. The third kappa shape index (κ3) is 3.73. The second-order valence-corrected chi connectivity index (χ2v) is 7.27. The van der Waals surface area contributed by atoms with Gasteiger partial charge in [-0.25, -0.2) is 4.98 Å². The molecule has 0 saturated carbocycles. The molecule has 6 heteroatoms. The van der Waals surface area contributed by atoms with Crippen molar-refractivity contribution < 1.29 is 0 Å². The van der Waals surface area contributed by atoms with Crippen LogP contribution in [0.1, 0.15) is 45.5 Å². The highest BCUT2D eigenvalue weighted by Crippen LogP contribution is 2.26. The van der Waals surface area contributed by atoms with Gasteiger partial charge in [-0.1, -0.05) is 24.9 Å². The van der Waals surface area contributed by atoms with Crippen LogP contribution in [0.15, 0.2) is 23.0 Å². The molecule has 1 aliphatic rings. The summed E-state index contributed by atoms with van der Waals surface area (Å²) in [5, 5.41) is 4.66. The number of halogens is 1. The van der Waals surface area contributed by atoms with E-state index in [4.69, 9.17) is 16.6 Å². The largest absolute Gasteiger partial charge is 0.312 e. The molecule has 0 spiro atoms. The number of hydrogen-bond acceptors (Lipinski definition) is 4. The molecule has 25 heavy (non-hydrogen) atoms. The van der Waals surface area contributed by atoms with Crippen LogP contribution >= 0.6 is 11.6 Å². The Labute approximate surface area is 154 Å². The summed E-state index contributed by atoms with van der Waals surface area (Å²) in [7, 11) is 0. The van der Waals surface area contributed by atoms with Crippen LogP contribution in [0.4, 0.5) is 0 Å². The van der Waals surface area contributed by atoms with Gasteiger partial charge in [0, 0.05) is 37.2 Å². The van der Waals surface area contributed by atoms with Crippen molar-refractivity contribution >= 4 is 22.5 Å². The van der Waals surface area contributed by atoms with E-state index >= 15 is 0 Å². The lowest BCUT2D eigenvalue weighted by Crippen LogP contribution is -2.51. The molecule has 0 aliphatic carbocycles. The monoisotopic (exact) mass is 362 g/mol. The molecule has 2 heterocycles. The van der Waals surface area contributed by atoms with Crippen LogP contribution in [-0.4, -0.2) is 40.1 Å². The van der Waals surface area contributed by atoms with Gasteiger partial charge in [-0.2, -0.15) is 0 Å². The maximum Gasteiger partial charge on any atom is 0.261 e. The third-order valence-electron chi connectivity index (χ3n) is 4.96. The molecule has 1 aromatic carbocycles. The van der Waals surface area contributed by atoms with E-state index in [2.05, 4.69) is 24.1 Å². The number of nitrogens with one attached hydrogen (secondary N) is 1. The van der Waals surface area contributed by atoms with Crippen molar-refractivity contribution in [2.75, 3.05) is 19.6 Å². The summed E-state index contributed by atoms with van der Waals surface area (Å²) < 4.78 is 1.83. The Balaban J connectivity index is 2.13. The van der Waals surface area contributed by atoms with Crippen LogP contribution < -0.4 is 10.9 Å². The molecule has 136 valence electrons. The summed E-state index contributed by atoms with van der Waals surface area (Å²) in [6, 6.07) is 6.00. The summed E-state index contributed by atoms with van der Waals surface area (Å²) in [6.07, 6.45) is 2.06. The fraction of sp³-hybridized carbons (Fsp3) is 0.579. The Bertz CT molecular complexity index is 804. The van der Waals surface area contributed by atoms with Crippen molar-refractivity contribution in [2.45, 2.75) is 52.2 Å². The average Bonchev–Trinajstić information content (AvgIpc) is 2.60. The first-order valence-corrected chi connectivity index (χ1v) is 9.60. The standard InChI is InChI=1S/C19H27ClN4O/c1-4-6-17(23-10-9-21-13(3)12-23)18-22-16-8-7-14(20)11-15(16)19(25)24(18)5-2/h7-8,11,13,17,21H,4-6,9-10,12H2,1-3H3/t13-,17-/m1/s1. The van der Waals surface area contributed by atoms with Gasteiger partial charge >= 0.3 is 0 Å². The number of rotatable bonds is 5. The molecule has 0 amide bonds. The first-order valence-electron chi connectivity index (χ1n) is 9.22. The van der Waals surface area contributed by atoms with Gasteiger partial charge in [0.25, 0.3) is 5.56 Å². The van der Waals surface area contributed by atoms with Crippen LogP contribution in [0.5, 0.6) is 0 Å². The molecular weight excluding hydrogens is 336 g/mol. The highest BCUT2D eigenvalue weighted by Gasteiger charge is 2.28. The molecule has 1 aromatic heterocycles. The quantitative estimate of drug-likeness (QED) is 0.887. The summed E-state index contributed by atoms with van der Waals surface area (Å²) >= 11 is 6.08. The van der Waals surface area contributed by atoms with E-state index in [0.29, 0.717) is 23.0 Å². The molecule has 0 unspecified atom stereocenters. The van der Waals surface area contributed by atoms with Crippen LogP contribution in [0.2, 0.25) is 5.02 Å². The summed E-state index contributed by atoms with van der Waals surface area (Å²) in [5.74, 6) is 0.887. The molecular formula is C19H27ClN4O. The lowest BCUT2D eigenvalue weighted by Gasteiger charge is -2.38. The lowest BCUT2D eigenvalue weighted by molar-refractivity contribution is 0.132. The van der Waals surface area contributed by atoms with E-state index in [1.54, 1.807) is 12.1 Å². The lowest BCUT2D eigenvalue weighted by atomic mass is 10.1. The van der Waals surface area contributed by atoms with Gasteiger partial charge in [0.1, 0.15) is 5.82 Å². The summed E-state index contributed by atoms with van der Waals surface area (Å²) in [6.45, 7) is 9.95. The van der Waals surface area contributed by atoms with Crippen LogP contribution in [0.3, 0.4) is 0 Å². The first kappa shape index (κ1) is 18.4. The van der Waals surface area contributed by atoms with Gasteiger partial charge in [-0.15, -0.1) is 0 Å². The maximum atomic E-state index is 13.0. The molecule has 0 bridgehead atoms. The summed E-state index contributed by atoms with van der Waals surface area (Å²) in [5.41, 5.74) is 0.743. The number of fused-ring (bicyclic) bond motifs is 1. The zero-order chi connectivity index (χ0) is 18.0. The minimum absolute atomic E-state index is 0.00860. The van der Waals surface area contributed by atoms with E-state index in [9.17, 15) is 4.79 Å². The topological polar surface area (TPSA) is 50.2 Å². The van der Waals surface area contributed by atoms with Crippen molar-refractivity contribution in [1.82, 2.24) is 19.8 Å². The number of benzene rings is 1. The van der Waals surface area contributed by atoms with E-state index in [1.807, 2.05) is 17.6 Å². The van der Waals surface area contributed by atoms with Gasteiger partial charge < -0.3 is 5.32 Å². The highest BCUT2D eigenvalue weighted by molar-refractivity contribution is 6.31. The van der Waals surface area contributed by atoms with Gasteiger partial charge in [0.05, 0.1) is 16.9 Å². The highest BCUT2D eigenvalue weighted by atomic mass is 35.5. The predicted octanol–water partition coefficient (Wildman–Crippen LogP) is 3.20. The van der Waals surface area contributed by atoms with Crippen molar-refractivity contribution in [2.24, 2.45) is 0 Å². The van der Waals surface area contributed by atoms with Gasteiger partial charge in [0.2, 0.25) is 0 Å². The molecule has 2 atom stereocenters. The number of piperazine rings is 1. The molecule has 3 rings (SSSR count). The van der Waals surface area contributed by atoms with E-state index in [-0.39, 0.29) is 11.6 Å². The first-order chi connectivity index (χ1) is 12.0. The van der Waals surface area contributed by atoms with Gasteiger partial charge in [0.15, 0.2) is 0 Å². The Hall–Kier alpha value is -1.43. The third-order valence-corrected chi connectivity index (χ3v) is 5.20. The predicted molar refractivity (Wildman–Crippen MR) is 103 cm³/mol. The molecule has 1 fully saturated rings. The Morgan fingerprint density at radius 3 is 2.88 bits per heavy atom. The van der Waals surface area contributed by atoms with Crippen molar-refractivity contribution in [3.8, 4) is 0 Å². The molecule has 5 nitrogen and oxygen atoms in total. The minimum Gasteiger partial charge on any atom is -0.312 e. The van der Waals surface area contributed by atoms with Crippen molar-refractivity contribution in [3.63, 3.8) is 0 Å². The Morgan fingerprint density at radius 2 is 2.20 bits per heavy atom. The average molecular weight is 363 g/mol. The second kappa shape index (κ2) is 7.85. The number of nitrogens with zero attached hydrogens (tertiary/aromatic N) is 3. The van der Waals surface area contributed by atoms with Crippen molar-refractivity contribution in [3.05, 3.63) is 39.4 Å². The fourth-order valence-electron chi connectivity index (χ4n) is 3.76. The number of aromatic nitrogens is 2. The molecule has 1 aliphatic heterocycles. The molecule has 0 radical (unpaired) electrons. The SMILES string of the molecule is CCC[C@H](c1nc2ccc(Cl)cc2c(=O)n1CC)N1CCN[C@H](C)C1. The Morgan fingerprint density at radius 1 is 1.40 bits per heavy atom. The van der Waals surface area contributed by atoms with Crippen LogP contribution in [-0.2, 0) is 6.54 Å². The minimum atomic E-state index is 0.00860. The van der Waals surface area contributed by atoms with Crippen LogP contribution in [0.25, 0.3) is 10.9 Å². The number of hydrogen-bond donors (Lipinski definition) is 1. The van der Waals surface area contributed by atoms with Crippen LogP contribution in [0, 0.1) is 0 Å². The van der Waals surface area contributed by atoms with Gasteiger partial charge in [-0.05, 0) is 38.5 Å². The molecule has 2 aromatic rings. The maximum absolute atomic E-state index is 13.0. The Kier molecular flexibility index (Phi) is 5.77. The molecule has 1 saturated heterocycles. The molecule has 1 N–H and O–H groups in total. The normalized spacial score (nSPS) is 20.1. The van der Waals surface area contributed by atoms with E-state index < -0.39 is 0 Å². The van der Waals surface area contributed by atoms with E-state index in [1.165, 1.54) is 0 Å². The summed E-state index contributed by atoms with van der Waals surface area (Å²) in [4.78, 5) is 20.4. The smallest absolute Gasteiger partial charge is 0.261 e. The second-order valence-electron chi connectivity index (χ2n) is 6.84. The fourth-order valence-corrected chi connectivity index (χ4v) is 3.94. The van der Waals surface area contributed by atoms with Gasteiger partial charge in [-0.3, -0.25) is 14.3 Å².